The number of nitrogens with zero attached hydrogens (tertiary/aromatic N) is 1. The van der Waals surface area contributed by atoms with Crippen molar-refractivity contribution in [2.75, 3.05) is 0 Å². The van der Waals surface area contributed by atoms with Gasteiger partial charge in [0.2, 0.25) is 0 Å². The third-order valence-electron chi connectivity index (χ3n) is 2.45. The van der Waals surface area contributed by atoms with Crippen molar-refractivity contribution in [1.82, 2.24) is 4.98 Å². The summed E-state index contributed by atoms with van der Waals surface area (Å²) < 4.78 is 2.08. The second kappa shape index (κ2) is 5.61. The lowest BCUT2D eigenvalue weighted by Gasteiger charge is -2.13. The molecule has 0 aliphatic rings. The Morgan fingerprint density at radius 1 is 1.41 bits per heavy atom. The summed E-state index contributed by atoms with van der Waals surface area (Å²) in [5.74, 6) is 0. The third-order valence-corrected chi connectivity index (χ3v) is 4.49. The van der Waals surface area contributed by atoms with Gasteiger partial charge in [0, 0.05) is 26.8 Å². The smallest absolute Gasteiger partial charge is 0.0897 e. The van der Waals surface area contributed by atoms with E-state index in [-0.39, 0.29) is 6.04 Å². The average Bonchev–Trinajstić information content (AvgIpc) is 2.67. The molecule has 0 saturated heterocycles. The van der Waals surface area contributed by atoms with Crippen LogP contribution in [0, 0.1) is 6.92 Å². The van der Waals surface area contributed by atoms with Crippen LogP contribution in [0.1, 0.15) is 22.3 Å². The molecular weight excluding hydrogens is 364 g/mol. The molecule has 90 valence electrons. The number of aromatic nitrogens is 1. The molecule has 1 heterocycles. The molecule has 0 aliphatic heterocycles. The van der Waals surface area contributed by atoms with Crippen molar-refractivity contribution in [1.29, 1.82) is 0 Å². The van der Waals surface area contributed by atoms with Crippen molar-refractivity contribution in [3.63, 3.8) is 0 Å². The second-order valence-electron chi connectivity index (χ2n) is 3.83. The van der Waals surface area contributed by atoms with E-state index < -0.39 is 0 Å². The predicted molar refractivity (Wildman–Crippen MR) is 79.3 cm³/mol. The van der Waals surface area contributed by atoms with Gasteiger partial charge >= 0.3 is 0 Å². The van der Waals surface area contributed by atoms with E-state index in [1.807, 2.05) is 25.1 Å². The fraction of sp³-hybridized carbons (Fsp3) is 0.250. The molecule has 2 nitrogen and oxygen atoms in total. The van der Waals surface area contributed by atoms with Crippen molar-refractivity contribution in [2.45, 2.75) is 19.4 Å². The first-order valence-corrected chi connectivity index (χ1v) is 7.64. The maximum absolute atomic E-state index is 6.22. The molecule has 0 radical (unpaired) electrons. The van der Waals surface area contributed by atoms with Gasteiger partial charge in [0.05, 0.1) is 10.7 Å². The van der Waals surface area contributed by atoms with Crippen molar-refractivity contribution in [2.24, 2.45) is 5.73 Å². The van der Waals surface area contributed by atoms with Gasteiger partial charge in [0.1, 0.15) is 0 Å². The molecule has 0 aliphatic carbocycles. The van der Waals surface area contributed by atoms with Crippen LogP contribution in [0.2, 0.25) is 0 Å². The summed E-state index contributed by atoms with van der Waals surface area (Å²) in [6.45, 7) is 2.01. The Morgan fingerprint density at radius 3 is 2.82 bits per heavy atom. The maximum atomic E-state index is 6.22. The van der Waals surface area contributed by atoms with Crippen LogP contribution in [0.15, 0.2) is 32.5 Å². The Labute approximate surface area is 122 Å². The largest absolute Gasteiger partial charge is 0.324 e. The minimum Gasteiger partial charge on any atom is -0.324 e. The van der Waals surface area contributed by atoms with E-state index in [0.717, 1.165) is 31.6 Å². The topological polar surface area (TPSA) is 38.9 Å². The Morgan fingerprint density at radius 2 is 2.18 bits per heavy atom. The highest BCUT2D eigenvalue weighted by Crippen LogP contribution is 2.27. The van der Waals surface area contributed by atoms with Crippen LogP contribution in [-0.2, 0) is 6.42 Å². The van der Waals surface area contributed by atoms with Gasteiger partial charge in [-0.1, -0.05) is 31.9 Å². The van der Waals surface area contributed by atoms with Gasteiger partial charge < -0.3 is 5.73 Å². The fourth-order valence-electron chi connectivity index (χ4n) is 1.64. The number of hydrogen-bond donors (Lipinski definition) is 1. The zero-order valence-corrected chi connectivity index (χ0v) is 13.3. The number of thiazole rings is 1. The normalized spacial score (nSPS) is 12.7. The molecule has 1 aromatic carbocycles. The first-order valence-electron chi connectivity index (χ1n) is 5.18. The third kappa shape index (κ3) is 3.37. The second-order valence-corrected chi connectivity index (χ2v) is 6.67. The number of aryl methyl sites for hydroxylation is 1. The summed E-state index contributed by atoms with van der Waals surface area (Å²) in [5, 5.41) is 3.15. The molecule has 0 fully saturated rings. The summed E-state index contributed by atoms with van der Waals surface area (Å²) in [5.41, 5.74) is 8.38. The molecule has 0 spiro atoms. The van der Waals surface area contributed by atoms with Gasteiger partial charge in [-0.05, 0) is 30.7 Å². The van der Waals surface area contributed by atoms with Crippen LogP contribution in [0.3, 0.4) is 0 Å². The lowest BCUT2D eigenvalue weighted by atomic mass is 10.0. The van der Waals surface area contributed by atoms with Crippen LogP contribution in [-0.4, -0.2) is 4.98 Å². The minimum absolute atomic E-state index is 0.0385. The lowest BCUT2D eigenvalue weighted by molar-refractivity contribution is 0.705. The molecule has 1 unspecified atom stereocenters. The van der Waals surface area contributed by atoms with E-state index in [9.17, 15) is 0 Å². The Kier molecular flexibility index (Phi) is 4.36. The van der Waals surface area contributed by atoms with E-state index in [1.165, 1.54) is 0 Å². The van der Waals surface area contributed by atoms with E-state index in [2.05, 4.69) is 42.2 Å². The molecule has 2 rings (SSSR count). The molecule has 0 saturated carbocycles. The van der Waals surface area contributed by atoms with Crippen molar-refractivity contribution in [3.05, 3.63) is 48.8 Å². The van der Waals surface area contributed by atoms with E-state index >= 15 is 0 Å². The molecule has 5 heteroatoms. The molecule has 0 amide bonds. The van der Waals surface area contributed by atoms with Crippen molar-refractivity contribution in [3.8, 4) is 0 Å². The number of hydrogen-bond acceptors (Lipinski definition) is 3. The van der Waals surface area contributed by atoms with Crippen LogP contribution in [0.25, 0.3) is 0 Å². The summed E-state index contributed by atoms with van der Waals surface area (Å²) in [4.78, 5) is 4.44. The van der Waals surface area contributed by atoms with Gasteiger partial charge in [-0.25, -0.2) is 4.98 Å². The average molecular weight is 376 g/mol. The zero-order valence-electron chi connectivity index (χ0n) is 9.28. The quantitative estimate of drug-likeness (QED) is 0.872. The molecular formula is C12H12Br2N2S. The van der Waals surface area contributed by atoms with Crippen LogP contribution in [0.5, 0.6) is 0 Å². The zero-order chi connectivity index (χ0) is 12.4. The highest BCUT2D eigenvalue weighted by molar-refractivity contribution is 9.11. The molecule has 2 N–H and O–H groups in total. The summed E-state index contributed by atoms with van der Waals surface area (Å²) in [6, 6.07) is 6.01. The molecule has 17 heavy (non-hydrogen) atoms. The number of halogens is 2. The Balaban J connectivity index is 2.19. The SMILES string of the molecule is Cc1nc(CC(N)c2cc(Br)ccc2Br)cs1. The Hall–Kier alpha value is -0.230. The maximum Gasteiger partial charge on any atom is 0.0897 e. The van der Waals surface area contributed by atoms with Crippen LogP contribution in [0.4, 0.5) is 0 Å². The minimum atomic E-state index is -0.0385. The highest BCUT2D eigenvalue weighted by atomic mass is 79.9. The van der Waals surface area contributed by atoms with E-state index in [4.69, 9.17) is 5.73 Å². The first-order chi connectivity index (χ1) is 8.06. The Bertz CT molecular complexity index is 525. The lowest BCUT2D eigenvalue weighted by Crippen LogP contribution is -2.14. The monoisotopic (exact) mass is 374 g/mol. The standard InChI is InChI=1S/C12H12Br2N2S/c1-7-16-9(6-17-7)5-12(15)10-4-8(13)2-3-11(10)14/h2-4,6,12H,5,15H2,1H3. The van der Waals surface area contributed by atoms with Crippen LogP contribution >= 0.6 is 43.2 Å². The molecule has 2 aromatic rings. The fourth-order valence-corrected chi connectivity index (χ4v) is 3.18. The van der Waals surface area contributed by atoms with Crippen molar-refractivity contribution < 1.29 is 0 Å². The number of rotatable bonds is 3. The van der Waals surface area contributed by atoms with Gasteiger partial charge in [0.15, 0.2) is 0 Å². The number of benzene rings is 1. The molecule has 0 bridgehead atoms. The van der Waals surface area contributed by atoms with Crippen LogP contribution < -0.4 is 5.73 Å². The number of nitrogens with two attached hydrogens (primary N) is 1. The molecule has 1 aromatic heterocycles. The summed E-state index contributed by atoms with van der Waals surface area (Å²) in [7, 11) is 0. The van der Waals surface area contributed by atoms with E-state index in [1.54, 1.807) is 11.3 Å². The summed E-state index contributed by atoms with van der Waals surface area (Å²) in [6.07, 6.45) is 0.763. The van der Waals surface area contributed by atoms with E-state index in [0.29, 0.717) is 0 Å². The predicted octanol–water partition coefficient (Wildman–Crippen LogP) is 4.22. The summed E-state index contributed by atoms with van der Waals surface area (Å²) >= 11 is 8.66. The van der Waals surface area contributed by atoms with Crippen molar-refractivity contribution >= 4 is 43.2 Å². The first kappa shape index (κ1) is 13.2. The van der Waals surface area contributed by atoms with Gasteiger partial charge in [-0.2, -0.15) is 0 Å². The molecule has 1 atom stereocenters. The van der Waals surface area contributed by atoms with Gasteiger partial charge in [-0.3, -0.25) is 0 Å². The highest BCUT2D eigenvalue weighted by Gasteiger charge is 2.12. The van der Waals surface area contributed by atoms with Gasteiger partial charge in [-0.15, -0.1) is 11.3 Å². The van der Waals surface area contributed by atoms with Gasteiger partial charge in [0.25, 0.3) is 0 Å².